The lowest BCUT2D eigenvalue weighted by Gasteiger charge is -2.36. The van der Waals surface area contributed by atoms with Crippen molar-refractivity contribution in [2.75, 3.05) is 31.1 Å². The molecule has 1 aromatic carbocycles. The van der Waals surface area contributed by atoms with Crippen LogP contribution in [-0.2, 0) is 4.74 Å². The quantitative estimate of drug-likeness (QED) is 0.880. The molecule has 1 aromatic heterocycles. The SMILES string of the molecule is Cc1cc(N2CCN(C(=O)OC(C)(C)C)CC2)ncc1[C@@H](N)c1ccccc1. The van der Waals surface area contributed by atoms with Gasteiger partial charge in [0.05, 0.1) is 6.04 Å². The van der Waals surface area contributed by atoms with Gasteiger partial charge in [0.25, 0.3) is 0 Å². The Balaban J connectivity index is 1.65. The highest BCUT2D eigenvalue weighted by atomic mass is 16.6. The number of anilines is 1. The molecule has 0 unspecified atom stereocenters. The van der Waals surface area contributed by atoms with Crippen LogP contribution in [0.25, 0.3) is 0 Å². The van der Waals surface area contributed by atoms with Crippen molar-refractivity contribution in [3.63, 3.8) is 0 Å². The fourth-order valence-electron chi connectivity index (χ4n) is 3.33. The highest BCUT2D eigenvalue weighted by Crippen LogP contribution is 2.25. The lowest BCUT2D eigenvalue weighted by molar-refractivity contribution is 0.0240. The van der Waals surface area contributed by atoms with E-state index in [1.807, 2.05) is 57.3 Å². The second-order valence-electron chi connectivity index (χ2n) is 8.24. The van der Waals surface area contributed by atoms with Gasteiger partial charge in [-0.3, -0.25) is 0 Å². The lowest BCUT2D eigenvalue weighted by atomic mass is 9.97. The number of aryl methyl sites for hydroxylation is 1. The third-order valence-electron chi connectivity index (χ3n) is 4.89. The number of nitrogens with two attached hydrogens (primary N) is 1. The molecule has 1 fully saturated rings. The predicted molar refractivity (Wildman–Crippen MR) is 111 cm³/mol. The molecule has 150 valence electrons. The first kappa shape index (κ1) is 20.1. The first-order valence-corrected chi connectivity index (χ1v) is 9.74. The molecule has 1 saturated heterocycles. The van der Waals surface area contributed by atoms with E-state index in [2.05, 4.69) is 22.9 Å². The Kier molecular flexibility index (Phi) is 5.89. The maximum Gasteiger partial charge on any atom is 0.410 e. The normalized spacial score (nSPS) is 16.0. The summed E-state index contributed by atoms with van der Waals surface area (Å²) in [5.41, 5.74) is 9.19. The standard InChI is InChI=1S/C22H30N4O2/c1-16-14-19(24-15-18(16)20(23)17-8-6-5-7-9-17)25-10-12-26(13-11-25)21(27)28-22(2,3)4/h5-9,14-15,20H,10-13,23H2,1-4H3/t20-/m0/s1. The minimum atomic E-state index is -0.472. The Labute approximate surface area is 167 Å². The van der Waals surface area contributed by atoms with E-state index in [-0.39, 0.29) is 12.1 Å². The molecule has 0 saturated carbocycles. The van der Waals surface area contributed by atoms with E-state index < -0.39 is 5.60 Å². The molecule has 1 aliphatic heterocycles. The van der Waals surface area contributed by atoms with Crippen molar-refractivity contribution >= 4 is 11.9 Å². The number of ether oxygens (including phenoxy) is 1. The van der Waals surface area contributed by atoms with Crippen LogP contribution < -0.4 is 10.6 Å². The highest BCUT2D eigenvalue weighted by molar-refractivity contribution is 5.68. The number of aromatic nitrogens is 1. The van der Waals surface area contributed by atoms with Gasteiger partial charge >= 0.3 is 6.09 Å². The third-order valence-corrected chi connectivity index (χ3v) is 4.89. The summed E-state index contributed by atoms with van der Waals surface area (Å²) in [4.78, 5) is 20.8. The van der Waals surface area contributed by atoms with E-state index in [0.717, 1.165) is 35.6 Å². The minimum Gasteiger partial charge on any atom is -0.444 e. The van der Waals surface area contributed by atoms with E-state index in [1.165, 1.54) is 0 Å². The Hall–Kier alpha value is -2.60. The zero-order chi connectivity index (χ0) is 20.3. The van der Waals surface area contributed by atoms with E-state index in [4.69, 9.17) is 10.5 Å². The van der Waals surface area contributed by atoms with Gasteiger partial charge in [0.1, 0.15) is 11.4 Å². The van der Waals surface area contributed by atoms with Crippen LogP contribution in [0.15, 0.2) is 42.6 Å². The summed E-state index contributed by atoms with van der Waals surface area (Å²) in [6.07, 6.45) is 1.63. The molecule has 2 aromatic rings. The summed E-state index contributed by atoms with van der Waals surface area (Å²) in [5, 5.41) is 0. The summed E-state index contributed by atoms with van der Waals surface area (Å²) in [6, 6.07) is 11.9. The fourth-order valence-corrected chi connectivity index (χ4v) is 3.33. The molecule has 0 bridgehead atoms. The van der Waals surface area contributed by atoms with Crippen LogP contribution in [0, 0.1) is 6.92 Å². The van der Waals surface area contributed by atoms with Crippen LogP contribution in [0.1, 0.15) is 43.5 Å². The van der Waals surface area contributed by atoms with Gasteiger partial charge in [0.2, 0.25) is 0 Å². The number of piperazine rings is 1. The van der Waals surface area contributed by atoms with E-state index in [1.54, 1.807) is 4.90 Å². The molecule has 2 N–H and O–H groups in total. The highest BCUT2D eigenvalue weighted by Gasteiger charge is 2.26. The molecule has 2 heterocycles. The number of nitrogens with zero attached hydrogens (tertiary/aromatic N) is 3. The van der Waals surface area contributed by atoms with Crippen molar-refractivity contribution < 1.29 is 9.53 Å². The maximum atomic E-state index is 12.2. The van der Waals surface area contributed by atoms with Gasteiger partial charge in [-0.1, -0.05) is 30.3 Å². The molecule has 6 heteroatoms. The number of carbonyl (C=O) groups excluding carboxylic acids is 1. The van der Waals surface area contributed by atoms with Gasteiger partial charge in [-0.2, -0.15) is 0 Å². The number of benzene rings is 1. The number of rotatable bonds is 3. The topological polar surface area (TPSA) is 71.7 Å². The van der Waals surface area contributed by atoms with Crippen molar-refractivity contribution in [1.29, 1.82) is 0 Å². The summed E-state index contributed by atoms with van der Waals surface area (Å²) >= 11 is 0. The molecule has 0 spiro atoms. The molecule has 6 nitrogen and oxygen atoms in total. The van der Waals surface area contributed by atoms with Crippen molar-refractivity contribution in [3.05, 3.63) is 59.3 Å². The number of carbonyl (C=O) groups is 1. The number of hydrogen-bond acceptors (Lipinski definition) is 5. The van der Waals surface area contributed by atoms with Crippen molar-refractivity contribution in [2.24, 2.45) is 5.73 Å². The Morgan fingerprint density at radius 3 is 2.36 bits per heavy atom. The molecule has 1 amide bonds. The summed E-state index contributed by atoms with van der Waals surface area (Å²) in [5.74, 6) is 0.922. The summed E-state index contributed by atoms with van der Waals surface area (Å²) in [6.45, 7) is 10.4. The van der Waals surface area contributed by atoms with Gasteiger partial charge in [-0.15, -0.1) is 0 Å². The largest absolute Gasteiger partial charge is 0.444 e. The van der Waals surface area contributed by atoms with Gasteiger partial charge in [-0.25, -0.2) is 9.78 Å². The zero-order valence-electron chi connectivity index (χ0n) is 17.2. The number of hydrogen-bond donors (Lipinski definition) is 1. The monoisotopic (exact) mass is 382 g/mol. The van der Waals surface area contributed by atoms with Gasteiger partial charge in [0.15, 0.2) is 0 Å². The van der Waals surface area contributed by atoms with Crippen molar-refractivity contribution in [3.8, 4) is 0 Å². The zero-order valence-corrected chi connectivity index (χ0v) is 17.2. The second kappa shape index (κ2) is 8.19. The Morgan fingerprint density at radius 2 is 1.79 bits per heavy atom. The Bertz CT molecular complexity index is 809. The number of pyridine rings is 1. The first-order valence-electron chi connectivity index (χ1n) is 9.74. The smallest absolute Gasteiger partial charge is 0.410 e. The molecule has 1 aliphatic rings. The van der Waals surface area contributed by atoms with Crippen LogP contribution in [0.3, 0.4) is 0 Å². The molecule has 28 heavy (non-hydrogen) atoms. The summed E-state index contributed by atoms with van der Waals surface area (Å²) < 4.78 is 5.46. The second-order valence-corrected chi connectivity index (χ2v) is 8.24. The average molecular weight is 383 g/mol. The van der Waals surface area contributed by atoms with Crippen LogP contribution in [-0.4, -0.2) is 47.8 Å². The van der Waals surface area contributed by atoms with Crippen molar-refractivity contribution in [2.45, 2.75) is 39.3 Å². The molecular weight excluding hydrogens is 352 g/mol. The molecular formula is C22H30N4O2. The van der Waals surface area contributed by atoms with Crippen LogP contribution in [0.4, 0.5) is 10.6 Å². The molecule has 0 radical (unpaired) electrons. The van der Waals surface area contributed by atoms with Crippen LogP contribution in [0.5, 0.6) is 0 Å². The van der Waals surface area contributed by atoms with Gasteiger partial charge < -0.3 is 20.3 Å². The van der Waals surface area contributed by atoms with Crippen LogP contribution >= 0.6 is 0 Å². The van der Waals surface area contributed by atoms with E-state index in [9.17, 15) is 4.79 Å². The fraction of sp³-hybridized carbons (Fsp3) is 0.455. The van der Waals surface area contributed by atoms with Crippen molar-refractivity contribution in [1.82, 2.24) is 9.88 Å². The van der Waals surface area contributed by atoms with E-state index in [0.29, 0.717) is 13.1 Å². The molecule has 0 aliphatic carbocycles. The predicted octanol–water partition coefficient (Wildman–Crippen LogP) is 3.50. The van der Waals surface area contributed by atoms with Gasteiger partial charge in [-0.05, 0) is 50.5 Å². The lowest BCUT2D eigenvalue weighted by Crippen LogP contribution is -2.50. The first-order chi connectivity index (χ1) is 13.2. The maximum absolute atomic E-state index is 12.2. The van der Waals surface area contributed by atoms with Gasteiger partial charge in [0, 0.05) is 32.4 Å². The van der Waals surface area contributed by atoms with E-state index >= 15 is 0 Å². The Morgan fingerprint density at radius 1 is 1.14 bits per heavy atom. The minimum absolute atomic E-state index is 0.188. The number of amides is 1. The van der Waals surface area contributed by atoms with Crippen LogP contribution in [0.2, 0.25) is 0 Å². The molecule has 1 atom stereocenters. The molecule has 3 rings (SSSR count). The summed E-state index contributed by atoms with van der Waals surface area (Å²) in [7, 11) is 0. The third kappa shape index (κ3) is 4.81. The average Bonchev–Trinajstić information content (AvgIpc) is 2.67.